The van der Waals surface area contributed by atoms with Gasteiger partial charge in [0, 0.05) is 18.8 Å². The number of amides is 2. The van der Waals surface area contributed by atoms with Crippen molar-refractivity contribution in [3.8, 4) is 0 Å². The van der Waals surface area contributed by atoms with Crippen LogP contribution in [0.4, 0.5) is 5.69 Å². The van der Waals surface area contributed by atoms with E-state index in [1.807, 2.05) is 4.90 Å². The lowest BCUT2D eigenvalue weighted by molar-refractivity contribution is -0.114. The fourth-order valence-corrected chi connectivity index (χ4v) is 2.51. The van der Waals surface area contributed by atoms with Gasteiger partial charge in [0.05, 0.1) is 17.1 Å². The molecule has 0 spiro atoms. The fourth-order valence-electron chi connectivity index (χ4n) is 2.25. The number of nitrogens with zero attached hydrogens (tertiary/aromatic N) is 1. The van der Waals surface area contributed by atoms with Crippen LogP contribution in [0, 0.1) is 0 Å². The molecule has 2 amide bonds. The van der Waals surface area contributed by atoms with Crippen molar-refractivity contribution < 1.29 is 9.59 Å². The van der Waals surface area contributed by atoms with Crippen molar-refractivity contribution >= 4 is 41.5 Å². The molecule has 7 heteroatoms. The van der Waals surface area contributed by atoms with Gasteiger partial charge in [-0.15, -0.1) is 12.4 Å². The van der Waals surface area contributed by atoms with Crippen LogP contribution in [0.25, 0.3) is 0 Å². The molecule has 1 aromatic rings. The van der Waals surface area contributed by atoms with Gasteiger partial charge < -0.3 is 16.0 Å². The van der Waals surface area contributed by atoms with Crippen LogP contribution in [0.1, 0.15) is 29.6 Å². The smallest absolute Gasteiger partial charge is 0.255 e. The molecule has 1 saturated heterocycles. The minimum Gasteiger partial charge on any atom is -0.339 e. The summed E-state index contributed by atoms with van der Waals surface area (Å²) in [7, 11) is 0. The van der Waals surface area contributed by atoms with Gasteiger partial charge >= 0.3 is 0 Å². The van der Waals surface area contributed by atoms with Crippen molar-refractivity contribution in [1.29, 1.82) is 0 Å². The molecular formula is C14H19Cl2N3O2. The highest BCUT2D eigenvalue weighted by atomic mass is 35.5. The summed E-state index contributed by atoms with van der Waals surface area (Å²) in [4.78, 5) is 25.4. The van der Waals surface area contributed by atoms with Gasteiger partial charge in [0.1, 0.15) is 0 Å². The number of piperidine rings is 1. The first kappa shape index (κ1) is 17.8. The van der Waals surface area contributed by atoms with Gasteiger partial charge in [0.15, 0.2) is 0 Å². The van der Waals surface area contributed by atoms with Gasteiger partial charge in [0.2, 0.25) is 5.91 Å². The average molecular weight is 332 g/mol. The molecule has 116 valence electrons. The van der Waals surface area contributed by atoms with Crippen LogP contribution in [-0.4, -0.2) is 36.3 Å². The van der Waals surface area contributed by atoms with E-state index in [-0.39, 0.29) is 30.8 Å². The molecule has 0 aromatic heterocycles. The normalized spacial score (nSPS) is 14.3. The number of halogens is 2. The Kier molecular flexibility index (Phi) is 6.95. The number of hydrogen-bond acceptors (Lipinski definition) is 3. The van der Waals surface area contributed by atoms with Gasteiger partial charge in [0.25, 0.3) is 5.91 Å². The minimum absolute atomic E-state index is 0. The predicted molar refractivity (Wildman–Crippen MR) is 86.1 cm³/mol. The molecule has 5 nitrogen and oxygen atoms in total. The van der Waals surface area contributed by atoms with Crippen molar-refractivity contribution in [2.45, 2.75) is 19.3 Å². The molecule has 1 aliphatic heterocycles. The molecule has 1 aromatic carbocycles. The summed E-state index contributed by atoms with van der Waals surface area (Å²) in [6, 6.07) is 4.88. The first-order chi connectivity index (χ1) is 9.61. The molecule has 1 fully saturated rings. The van der Waals surface area contributed by atoms with E-state index in [0.717, 1.165) is 25.9 Å². The molecule has 21 heavy (non-hydrogen) atoms. The number of benzene rings is 1. The minimum atomic E-state index is -0.295. The van der Waals surface area contributed by atoms with Crippen LogP contribution in [-0.2, 0) is 4.79 Å². The van der Waals surface area contributed by atoms with Crippen LogP contribution < -0.4 is 11.1 Å². The molecule has 0 bridgehead atoms. The molecule has 0 saturated carbocycles. The third kappa shape index (κ3) is 4.59. The third-order valence-electron chi connectivity index (χ3n) is 3.31. The second-order valence-corrected chi connectivity index (χ2v) is 5.21. The zero-order chi connectivity index (χ0) is 14.5. The highest BCUT2D eigenvalue weighted by Crippen LogP contribution is 2.23. The number of hydrogen-bond donors (Lipinski definition) is 2. The highest BCUT2D eigenvalue weighted by Gasteiger charge is 2.20. The SMILES string of the molecule is Cl.NCC(=O)Nc1ccc(C(=O)N2CCCCC2)c(Cl)c1. The van der Waals surface area contributed by atoms with E-state index in [4.69, 9.17) is 17.3 Å². The fraction of sp³-hybridized carbons (Fsp3) is 0.429. The third-order valence-corrected chi connectivity index (χ3v) is 3.62. The number of carbonyl (C=O) groups is 2. The molecule has 0 atom stereocenters. The second kappa shape index (κ2) is 8.22. The zero-order valence-electron chi connectivity index (χ0n) is 11.6. The van der Waals surface area contributed by atoms with Gasteiger partial charge in [-0.2, -0.15) is 0 Å². The van der Waals surface area contributed by atoms with Gasteiger partial charge in [-0.05, 0) is 37.5 Å². The monoisotopic (exact) mass is 331 g/mol. The lowest BCUT2D eigenvalue weighted by Gasteiger charge is -2.27. The summed E-state index contributed by atoms with van der Waals surface area (Å²) in [6.45, 7) is 1.47. The van der Waals surface area contributed by atoms with E-state index in [2.05, 4.69) is 5.32 Å². The summed E-state index contributed by atoms with van der Waals surface area (Å²) in [5, 5.41) is 2.95. The molecule has 1 heterocycles. The van der Waals surface area contributed by atoms with E-state index >= 15 is 0 Å². The van der Waals surface area contributed by atoms with E-state index < -0.39 is 0 Å². The maximum Gasteiger partial charge on any atom is 0.255 e. The number of likely N-dealkylation sites (tertiary alicyclic amines) is 1. The molecule has 3 N–H and O–H groups in total. The van der Waals surface area contributed by atoms with E-state index in [1.54, 1.807) is 18.2 Å². The lowest BCUT2D eigenvalue weighted by atomic mass is 10.1. The Labute approximate surface area is 135 Å². The van der Waals surface area contributed by atoms with Crippen LogP contribution in [0.3, 0.4) is 0 Å². The summed E-state index contributed by atoms with van der Waals surface area (Å²) in [6.07, 6.45) is 3.24. The number of nitrogens with one attached hydrogen (secondary N) is 1. The largest absolute Gasteiger partial charge is 0.339 e. The van der Waals surface area contributed by atoms with Crippen LogP contribution in [0.5, 0.6) is 0 Å². The molecule has 0 aliphatic carbocycles. The van der Waals surface area contributed by atoms with E-state index in [0.29, 0.717) is 16.3 Å². The van der Waals surface area contributed by atoms with Crippen LogP contribution in [0.2, 0.25) is 5.02 Å². The summed E-state index contributed by atoms with van der Waals surface area (Å²) < 4.78 is 0. The topological polar surface area (TPSA) is 75.4 Å². The summed E-state index contributed by atoms with van der Waals surface area (Å²) in [5.41, 5.74) is 6.24. The Morgan fingerprint density at radius 2 is 1.90 bits per heavy atom. The molecule has 0 radical (unpaired) electrons. The van der Waals surface area contributed by atoms with Crippen molar-refractivity contribution in [3.05, 3.63) is 28.8 Å². The van der Waals surface area contributed by atoms with E-state index in [1.165, 1.54) is 6.42 Å². The number of rotatable bonds is 3. The Morgan fingerprint density at radius 1 is 1.24 bits per heavy atom. The quantitative estimate of drug-likeness (QED) is 0.892. The Balaban J connectivity index is 0.00000220. The Hall–Kier alpha value is -1.30. The van der Waals surface area contributed by atoms with Gasteiger partial charge in [-0.1, -0.05) is 11.6 Å². The average Bonchev–Trinajstić information content (AvgIpc) is 2.47. The maximum absolute atomic E-state index is 12.3. The molecule has 0 unspecified atom stereocenters. The first-order valence-corrected chi connectivity index (χ1v) is 7.08. The standard InChI is InChI=1S/C14H18ClN3O2.ClH/c15-12-8-10(17-13(19)9-16)4-5-11(12)14(20)18-6-2-1-3-7-18;/h4-5,8H,1-3,6-7,9,16H2,(H,17,19);1H. The maximum atomic E-state index is 12.3. The summed E-state index contributed by atoms with van der Waals surface area (Å²) >= 11 is 6.14. The first-order valence-electron chi connectivity index (χ1n) is 6.70. The van der Waals surface area contributed by atoms with Crippen molar-refractivity contribution in [3.63, 3.8) is 0 Å². The van der Waals surface area contributed by atoms with Crippen LogP contribution in [0.15, 0.2) is 18.2 Å². The van der Waals surface area contributed by atoms with Crippen molar-refractivity contribution in [2.75, 3.05) is 25.0 Å². The Morgan fingerprint density at radius 3 is 2.48 bits per heavy atom. The lowest BCUT2D eigenvalue weighted by Crippen LogP contribution is -2.35. The zero-order valence-corrected chi connectivity index (χ0v) is 13.2. The van der Waals surface area contributed by atoms with Crippen molar-refractivity contribution in [1.82, 2.24) is 4.90 Å². The van der Waals surface area contributed by atoms with Crippen LogP contribution >= 0.6 is 24.0 Å². The number of nitrogens with two attached hydrogens (primary N) is 1. The highest BCUT2D eigenvalue weighted by molar-refractivity contribution is 6.34. The van der Waals surface area contributed by atoms with Gasteiger partial charge in [-0.3, -0.25) is 9.59 Å². The summed E-state index contributed by atoms with van der Waals surface area (Å²) in [5.74, 6) is -0.345. The predicted octanol–water partition coefficient (Wildman–Crippen LogP) is 2.29. The van der Waals surface area contributed by atoms with E-state index in [9.17, 15) is 9.59 Å². The molecule has 1 aliphatic rings. The number of carbonyl (C=O) groups excluding carboxylic acids is 2. The Bertz CT molecular complexity index is 517. The number of anilines is 1. The molecule has 2 rings (SSSR count). The second-order valence-electron chi connectivity index (χ2n) is 4.80. The van der Waals surface area contributed by atoms with Gasteiger partial charge in [-0.25, -0.2) is 0 Å². The molecular weight excluding hydrogens is 313 g/mol. The van der Waals surface area contributed by atoms with Crippen molar-refractivity contribution in [2.24, 2.45) is 5.73 Å².